The summed E-state index contributed by atoms with van der Waals surface area (Å²) < 4.78 is 5.50. The number of carbonyl (C=O) groups excluding carboxylic acids is 1. The van der Waals surface area contributed by atoms with Crippen molar-refractivity contribution < 1.29 is 19.4 Å². The number of nitrogens with one attached hydrogen (secondary N) is 1. The molecule has 1 amide bonds. The number of aromatic nitrogens is 1. The van der Waals surface area contributed by atoms with Crippen LogP contribution in [0.25, 0.3) is 10.9 Å². The van der Waals surface area contributed by atoms with Crippen molar-refractivity contribution in [1.29, 1.82) is 0 Å². The summed E-state index contributed by atoms with van der Waals surface area (Å²) in [5.74, 6) is -0.691. The summed E-state index contributed by atoms with van der Waals surface area (Å²) in [6.07, 6.45) is -0.528. The van der Waals surface area contributed by atoms with E-state index in [-0.39, 0.29) is 22.2 Å². The molecular weight excluding hydrogens is 424 g/mol. The van der Waals surface area contributed by atoms with Crippen LogP contribution in [0.3, 0.4) is 0 Å². The smallest absolute Gasteiger partial charge is 0.511 e. The molecule has 0 bridgehead atoms. The zero-order valence-electron chi connectivity index (χ0n) is 19.5. The van der Waals surface area contributed by atoms with Gasteiger partial charge in [-0.1, -0.05) is 53.7 Å². The summed E-state index contributed by atoms with van der Waals surface area (Å²) in [5.41, 5.74) is 0.0732. The van der Waals surface area contributed by atoms with Crippen molar-refractivity contribution >= 4 is 28.7 Å². The summed E-state index contributed by atoms with van der Waals surface area (Å²) in [4.78, 5) is 37.3. The van der Waals surface area contributed by atoms with Crippen LogP contribution in [0.2, 0.25) is 0 Å². The van der Waals surface area contributed by atoms with Gasteiger partial charge in [0.2, 0.25) is 5.43 Å². The molecule has 0 radical (unpaired) electrons. The third-order valence-electron chi connectivity index (χ3n) is 5.30. The minimum Gasteiger partial charge on any atom is -0.806 e. The van der Waals surface area contributed by atoms with Gasteiger partial charge in [-0.3, -0.25) is 9.59 Å². The molecule has 2 aromatic carbocycles. The summed E-state index contributed by atoms with van der Waals surface area (Å²) in [6.45, 7) is 11.6. The number of fused-ring (bicyclic) bond motifs is 1. The van der Waals surface area contributed by atoms with E-state index in [1.807, 2.05) is 41.5 Å². The second-order valence-electron chi connectivity index (χ2n) is 9.93. The van der Waals surface area contributed by atoms with Gasteiger partial charge in [-0.15, -0.1) is 0 Å². The molecule has 1 heterocycles. The van der Waals surface area contributed by atoms with E-state index in [1.54, 1.807) is 18.2 Å². The van der Waals surface area contributed by atoms with Crippen molar-refractivity contribution in [3.05, 3.63) is 74.7 Å². The lowest BCUT2D eigenvalue weighted by Gasteiger charge is -2.29. The van der Waals surface area contributed by atoms with Crippen LogP contribution >= 0.6 is 0 Å². The number of hydrogen-bond acceptors (Lipinski definition) is 5. The number of para-hydroxylation sites is 1. The minimum absolute atomic E-state index is 0.0815. The number of anilines is 1. The molecule has 0 saturated carbocycles. The average Bonchev–Trinajstić information content (AvgIpc) is 2.68. The monoisotopic (exact) mass is 451 g/mol. The first kappa shape index (κ1) is 23.8. The van der Waals surface area contributed by atoms with E-state index in [0.29, 0.717) is 16.0 Å². The molecule has 2 N–H and O–H groups in total. The molecule has 0 fully saturated rings. The number of pyridine rings is 1. The lowest BCUT2D eigenvalue weighted by atomic mass is 9.79. The number of carbonyl (C=O) groups is 2. The van der Waals surface area contributed by atoms with E-state index in [0.717, 1.165) is 11.8 Å². The van der Waals surface area contributed by atoms with Gasteiger partial charge in [0.25, 0.3) is 5.91 Å². The van der Waals surface area contributed by atoms with E-state index < -0.39 is 28.3 Å². The minimum atomic E-state index is -1.48. The number of carboxylic acid groups (broad SMARTS) is 1. The van der Waals surface area contributed by atoms with Crippen molar-refractivity contribution in [3.63, 3.8) is 0 Å². The van der Waals surface area contributed by atoms with E-state index in [2.05, 4.69) is 5.32 Å². The first-order valence-corrected chi connectivity index (χ1v) is 10.4. The Balaban J connectivity index is 2.17. The number of rotatable bonds is 3. The number of hydrogen-bond donors (Lipinski definition) is 2. The molecule has 0 atom stereocenters. The van der Waals surface area contributed by atoms with E-state index in [4.69, 9.17) is 4.74 Å². The zero-order chi connectivity index (χ0) is 24.7. The molecule has 0 saturated heterocycles. The van der Waals surface area contributed by atoms with Crippen LogP contribution in [0.15, 0.2) is 47.4 Å². The fraction of sp³-hybridized carbons (Fsp3) is 0.320. The summed E-state index contributed by atoms with van der Waals surface area (Å²) >= 11 is 0. The summed E-state index contributed by atoms with van der Waals surface area (Å²) in [5, 5.41) is 24.4. The van der Waals surface area contributed by atoms with Gasteiger partial charge in [0.15, 0.2) is 0 Å². The Hall–Kier alpha value is -3.81. The average molecular weight is 451 g/mol. The van der Waals surface area contributed by atoms with E-state index >= 15 is 0 Å². The Kier molecular flexibility index (Phi) is 5.98. The van der Waals surface area contributed by atoms with Gasteiger partial charge in [0.05, 0.1) is 0 Å². The normalized spacial score (nSPS) is 11.9. The van der Waals surface area contributed by atoms with Gasteiger partial charge < -0.3 is 25.1 Å². The third-order valence-corrected chi connectivity index (χ3v) is 5.30. The molecular formula is C25H27N2O6-. The molecule has 0 spiro atoms. The standard InChI is InChI=1S/C25H27N2O6/c1-24(2,3)16-11-17(25(4,5)6)20(33-23(30)31)12-18(16)26-22(29)15-13-27(32)19-10-8-7-9-14(19)21(15)28/h7-13H,1-6H3,(H,26,29)(H,30,31)/q-1. The highest BCUT2D eigenvalue weighted by Crippen LogP contribution is 2.40. The Bertz CT molecular complexity index is 1310. The topological polar surface area (TPSA) is 121 Å². The van der Waals surface area contributed by atoms with Crippen molar-refractivity contribution in [3.8, 4) is 5.75 Å². The molecule has 8 nitrogen and oxygen atoms in total. The van der Waals surface area contributed by atoms with Crippen molar-refractivity contribution in [2.45, 2.75) is 52.4 Å². The predicted molar refractivity (Wildman–Crippen MR) is 127 cm³/mol. The molecule has 0 aliphatic heterocycles. The lowest BCUT2D eigenvalue weighted by molar-refractivity contribution is 0.102. The quantitative estimate of drug-likeness (QED) is 0.414. The van der Waals surface area contributed by atoms with Gasteiger partial charge in [-0.05, 0) is 34.6 Å². The van der Waals surface area contributed by atoms with Crippen LogP contribution in [0, 0.1) is 5.21 Å². The third kappa shape index (κ3) is 4.84. The molecule has 0 aliphatic rings. The van der Waals surface area contributed by atoms with Crippen LogP contribution < -0.4 is 15.5 Å². The number of benzene rings is 2. The summed E-state index contributed by atoms with van der Waals surface area (Å²) in [7, 11) is 0. The fourth-order valence-corrected chi connectivity index (χ4v) is 3.67. The number of amides is 1. The molecule has 3 rings (SSSR count). The van der Waals surface area contributed by atoms with E-state index in [1.165, 1.54) is 18.2 Å². The Morgan fingerprint density at radius 3 is 2.18 bits per heavy atom. The van der Waals surface area contributed by atoms with Crippen molar-refractivity contribution in [1.82, 2.24) is 4.73 Å². The summed E-state index contributed by atoms with van der Waals surface area (Å²) in [6, 6.07) is 9.49. The zero-order valence-corrected chi connectivity index (χ0v) is 19.5. The maximum absolute atomic E-state index is 13.1. The van der Waals surface area contributed by atoms with Gasteiger partial charge >= 0.3 is 6.16 Å². The second-order valence-corrected chi connectivity index (χ2v) is 9.93. The van der Waals surface area contributed by atoms with Gasteiger partial charge in [-0.25, -0.2) is 4.79 Å². The Labute approximate surface area is 191 Å². The predicted octanol–water partition coefficient (Wildman–Crippen LogP) is 5.25. The SMILES string of the molecule is CC(C)(C)c1cc(C(C)(C)C)c(OC(=O)O)cc1NC(=O)c1cn([O-])c2ccccc2c1=O. The Morgan fingerprint density at radius 2 is 1.61 bits per heavy atom. The van der Waals surface area contributed by atoms with Gasteiger partial charge in [-0.2, -0.15) is 0 Å². The largest absolute Gasteiger partial charge is 0.806 e. The van der Waals surface area contributed by atoms with Crippen LogP contribution in [-0.2, 0) is 10.8 Å². The first-order valence-electron chi connectivity index (χ1n) is 10.4. The molecule has 0 unspecified atom stereocenters. The lowest BCUT2D eigenvalue weighted by Crippen LogP contribution is -2.26. The van der Waals surface area contributed by atoms with Crippen LogP contribution in [0.1, 0.15) is 63.0 Å². The molecule has 174 valence electrons. The molecule has 1 aromatic heterocycles. The highest BCUT2D eigenvalue weighted by Gasteiger charge is 2.28. The van der Waals surface area contributed by atoms with E-state index in [9.17, 15) is 24.7 Å². The number of nitrogens with zero attached hydrogens (tertiary/aromatic N) is 1. The first-order chi connectivity index (χ1) is 15.2. The van der Waals surface area contributed by atoms with Crippen LogP contribution in [-0.4, -0.2) is 21.9 Å². The number of ether oxygens (including phenoxy) is 1. The highest BCUT2D eigenvalue weighted by atomic mass is 16.7. The second kappa shape index (κ2) is 8.27. The molecule has 0 aliphatic carbocycles. The Morgan fingerprint density at radius 1 is 1.00 bits per heavy atom. The maximum atomic E-state index is 13.1. The van der Waals surface area contributed by atoms with Crippen molar-refractivity contribution in [2.75, 3.05) is 5.32 Å². The highest BCUT2D eigenvalue weighted by molar-refractivity contribution is 6.06. The van der Waals surface area contributed by atoms with Crippen LogP contribution in [0.5, 0.6) is 5.75 Å². The van der Waals surface area contributed by atoms with Crippen LogP contribution in [0.4, 0.5) is 10.5 Å². The fourth-order valence-electron chi connectivity index (χ4n) is 3.67. The molecule has 8 heteroatoms. The molecule has 3 aromatic rings. The maximum Gasteiger partial charge on any atom is 0.511 e. The van der Waals surface area contributed by atoms with Crippen molar-refractivity contribution in [2.24, 2.45) is 0 Å². The van der Waals surface area contributed by atoms with Gasteiger partial charge in [0, 0.05) is 34.4 Å². The molecule has 33 heavy (non-hydrogen) atoms. The van der Waals surface area contributed by atoms with Gasteiger partial charge in [0.1, 0.15) is 11.3 Å².